The van der Waals surface area contributed by atoms with Gasteiger partial charge < -0.3 is 5.11 Å². The van der Waals surface area contributed by atoms with Crippen LogP contribution in [0.3, 0.4) is 0 Å². The molecule has 1 N–H and O–H groups in total. The summed E-state index contributed by atoms with van der Waals surface area (Å²) in [6.45, 7) is 6.39. The molecule has 0 amide bonds. The lowest BCUT2D eigenvalue weighted by Gasteiger charge is -2.36. The Morgan fingerprint density at radius 2 is 1.80 bits per heavy atom. The van der Waals surface area contributed by atoms with Crippen molar-refractivity contribution in [3.8, 4) is 0 Å². The fourth-order valence-electron chi connectivity index (χ4n) is 3.96. The summed E-state index contributed by atoms with van der Waals surface area (Å²) in [6, 6.07) is 0.644. The van der Waals surface area contributed by atoms with E-state index in [1.807, 2.05) is 0 Å². The summed E-state index contributed by atoms with van der Waals surface area (Å²) in [4.78, 5) is 14.3. The zero-order valence-electron chi connectivity index (χ0n) is 13.2. The Labute approximate surface area is 123 Å². The molecule has 0 unspecified atom stereocenters. The van der Waals surface area contributed by atoms with Crippen molar-refractivity contribution in [3.63, 3.8) is 0 Å². The first-order chi connectivity index (χ1) is 9.53. The lowest BCUT2D eigenvalue weighted by molar-refractivity contribution is -0.150. The van der Waals surface area contributed by atoms with Crippen molar-refractivity contribution >= 4 is 5.97 Å². The molecule has 0 aromatic heterocycles. The van der Waals surface area contributed by atoms with Crippen LogP contribution in [0.5, 0.6) is 0 Å². The number of nitrogens with zero attached hydrogens (tertiary/aromatic N) is 1. The van der Waals surface area contributed by atoms with E-state index >= 15 is 0 Å². The zero-order valence-corrected chi connectivity index (χ0v) is 13.2. The van der Waals surface area contributed by atoms with E-state index in [-0.39, 0.29) is 0 Å². The van der Waals surface area contributed by atoms with Crippen LogP contribution in [0.15, 0.2) is 0 Å². The number of rotatable bonds is 7. The molecule has 0 heterocycles. The number of carboxylic acids is 1. The van der Waals surface area contributed by atoms with Gasteiger partial charge in [-0.1, -0.05) is 39.5 Å². The van der Waals surface area contributed by atoms with Crippen LogP contribution in [0.25, 0.3) is 0 Å². The summed E-state index contributed by atoms with van der Waals surface area (Å²) in [5.74, 6) is 0.144. The van der Waals surface area contributed by atoms with Gasteiger partial charge in [0.05, 0.1) is 5.41 Å². The van der Waals surface area contributed by atoms with Crippen molar-refractivity contribution in [3.05, 3.63) is 0 Å². The topological polar surface area (TPSA) is 40.5 Å². The Bertz CT molecular complexity index is 315. The van der Waals surface area contributed by atoms with Crippen molar-refractivity contribution in [2.45, 2.75) is 77.7 Å². The maximum Gasteiger partial charge on any atom is 0.310 e. The quantitative estimate of drug-likeness (QED) is 0.769. The van der Waals surface area contributed by atoms with Crippen LogP contribution in [-0.4, -0.2) is 35.1 Å². The first-order valence-electron chi connectivity index (χ1n) is 8.51. The van der Waals surface area contributed by atoms with Gasteiger partial charge in [-0.2, -0.15) is 0 Å². The Morgan fingerprint density at radius 3 is 2.30 bits per heavy atom. The minimum absolute atomic E-state index is 0.445. The second kappa shape index (κ2) is 6.93. The van der Waals surface area contributed by atoms with Gasteiger partial charge >= 0.3 is 5.97 Å². The van der Waals surface area contributed by atoms with E-state index in [0.717, 1.165) is 38.8 Å². The summed E-state index contributed by atoms with van der Waals surface area (Å²) in [7, 11) is 0. The van der Waals surface area contributed by atoms with Crippen LogP contribution in [0, 0.1) is 11.3 Å². The number of carbonyl (C=O) groups is 1. The van der Waals surface area contributed by atoms with Gasteiger partial charge in [-0.15, -0.1) is 0 Å². The average molecular weight is 281 g/mol. The Morgan fingerprint density at radius 1 is 1.20 bits per heavy atom. The first kappa shape index (κ1) is 15.8. The Hall–Kier alpha value is -0.570. The molecule has 0 spiro atoms. The summed E-state index contributed by atoms with van der Waals surface area (Å²) in [5, 5.41) is 9.71. The lowest BCUT2D eigenvalue weighted by atomic mass is 9.85. The van der Waals surface area contributed by atoms with Gasteiger partial charge in [-0.05, 0) is 44.6 Å². The predicted molar refractivity (Wildman–Crippen MR) is 81.8 cm³/mol. The number of hydrogen-bond acceptors (Lipinski definition) is 2. The maximum absolute atomic E-state index is 11.8. The molecule has 20 heavy (non-hydrogen) atoms. The van der Waals surface area contributed by atoms with Gasteiger partial charge in [0.2, 0.25) is 0 Å². The van der Waals surface area contributed by atoms with Crippen LogP contribution in [0.1, 0.15) is 71.6 Å². The molecule has 0 bridgehead atoms. The molecule has 116 valence electrons. The third-order valence-corrected chi connectivity index (χ3v) is 5.35. The third kappa shape index (κ3) is 3.75. The van der Waals surface area contributed by atoms with Crippen molar-refractivity contribution in [1.82, 2.24) is 4.90 Å². The van der Waals surface area contributed by atoms with E-state index in [4.69, 9.17) is 0 Å². The van der Waals surface area contributed by atoms with Gasteiger partial charge in [-0.3, -0.25) is 9.69 Å². The van der Waals surface area contributed by atoms with Gasteiger partial charge in [0.25, 0.3) is 0 Å². The normalized spacial score (nSPS) is 23.0. The molecule has 0 aromatic rings. The number of aliphatic carboxylic acids is 1. The fraction of sp³-hybridized carbons (Fsp3) is 0.941. The first-order valence-corrected chi connectivity index (χ1v) is 8.51. The zero-order chi connectivity index (χ0) is 14.6. The van der Waals surface area contributed by atoms with Crippen LogP contribution in [0.4, 0.5) is 0 Å². The largest absolute Gasteiger partial charge is 0.481 e. The van der Waals surface area contributed by atoms with Gasteiger partial charge in [-0.25, -0.2) is 0 Å². The van der Waals surface area contributed by atoms with Crippen LogP contribution in [0.2, 0.25) is 0 Å². The molecule has 2 aliphatic carbocycles. The molecule has 3 heteroatoms. The van der Waals surface area contributed by atoms with E-state index in [2.05, 4.69) is 18.7 Å². The molecule has 0 radical (unpaired) electrons. The van der Waals surface area contributed by atoms with E-state index in [0.29, 0.717) is 12.0 Å². The van der Waals surface area contributed by atoms with Crippen molar-refractivity contribution in [2.24, 2.45) is 11.3 Å². The second-order valence-electron chi connectivity index (χ2n) is 7.38. The van der Waals surface area contributed by atoms with Crippen LogP contribution < -0.4 is 0 Å². The fourth-order valence-corrected chi connectivity index (χ4v) is 3.96. The molecule has 2 aliphatic rings. The summed E-state index contributed by atoms with van der Waals surface area (Å²) in [5.41, 5.74) is -0.445. The van der Waals surface area contributed by atoms with E-state index in [1.54, 1.807) is 0 Å². The maximum atomic E-state index is 11.8. The van der Waals surface area contributed by atoms with E-state index in [9.17, 15) is 9.90 Å². The number of carboxylic acid groups (broad SMARTS) is 1. The van der Waals surface area contributed by atoms with Crippen LogP contribution >= 0.6 is 0 Å². The van der Waals surface area contributed by atoms with Crippen LogP contribution in [-0.2, 0) is 4.79 Å². The highest BCUT2D eigenvalue weighted by molar-refractivity contribution is 5.75. The molecular formula is C17H31NO2. The predicted octanol–water partition coefficient (Wildman–Crippen LogP) is 3.92. The molecule has 0 atom stereocenters. The highest BCUT2D eigenvalue weighted by Crippen LogP contribution is 2.40. The van der Waals surface area contributed by atoms with Gasteiger partial charge in [0, 0.05) is 12.6 Å². The molecule has 0 aromatic carbocycles. The van der Waals surface area contributed by atoms with E-state index < -0.39 is 11.4 Å². The van der Waals surface area contributed by atoms with Gasteiger partial charge in [0.15, 0.2) is 0 Å². The third-order valence-electron chi connectivity index (χ3n) is 5.35. The molecule has 0 aliphatic heterocycles. The second-order valence-corrected chi connectivity index (χ2v) is 7.38. The molecule has 2 rings (SSSR count). The van der Waals surface area contributed by atoms with Crippen molar-refractivity contribution in [1.29, 1.82) is 0 Å². The monoisotopic (exact) mass is 281 g/mol. The standard InChI is InChI=1S/C17H31NO2/c1-14(2)9-12-18(15-7-3-4-8-15)13-17(16(19)20)10-5-6-11-17/h14-15H,3-13H2,1-2H3,(H,19,20). The molecule has 2 saturated carbocycles. The smallest absolute Gasteiger partial charge is 0.310 e. The minimum atomic E-state index is -0.553. The molecule has 0 saturated heterocycles. The molecular weight excluding hydrogens is 250 g/mol. The Kier molecular flexibility index (Phi) is 5.48. The molecule has 3 nitrogen and oxygen atoms in total. The summed E-state index contributed by atoms with van der Waals surface area (Å²) >= 11 is 0. The lowest BCUT2D eigenvalue weighted by Crippen LogP contribution is -2.46. The summed E-state index contributed by atoms with van der Waals surface area (Å²) in [6.07, 6.45) is 10.3. The molecule has 2 fully saturated rings. The SMILES string of the molecule is CC(C)CCN(CC1(C(=O)O)CCCC1)C1CCCC1. The van der Waals surface area contributed by atoms with Crippen molar-refractivity contribution in [2.75, 3.05) is 13.1 Å². The average Bonchev–Trinajstić information content (AvgIpc) is 3.06. The summed E-state index contributed by atoms with van der Waals surface area (Å²) < 4.78 is 0. The van der Waals surface area contributed by atoms with Crippen molar-refractivity contribution < 1.29 is 9.90 Å². The highest BCUT2D eigenvalue weighted by Gasteiger charge is 2.43. The number of hydrogen-bond donors (Lipinski definition) is 1. The Balaban J connectivity index is 2.03. The van der Waals surface area contributed by atoms with Gasteiger partial charge in [0.1, 0.15) is 0 Å². The van der Waals surface area contributed by atoms with E-state index in [1.165, 1.54) is 32.1 Å². The minimum Gasteiger partial charge on any atom is -0.481 e. The highest BCUT2D eigenvalue weighted by atomic mass is 16.4.